The van der Waals surface area contributed by atoms with Gasteiger partial charge in [0, 0.05) is 38.2 Å². The van der Waals surface area contributed by atoms with Crippen molar-refractivity contribution < 1.29 is 4.84 Å². The van der Waals surface area contributed by atoms with Crippen molar-refractivity contribution in [2.75, 3.05) is 31.6 Å². The molecule has 0 aliphatic heterocycles. The molecule has 1 saturated carbocycles. The van der Waals surface area contributed by atoms with Gasteiger partial charge in [-0.05, 0) is 56.0 Å². The first kappa shape index (κ1) is 26.8. The van der Waals surface area contributed by atoms with E-state index in [4.69, 9.17) is 28.1 Å². The van der Waals surface area contributed by atoms with Gasteiger partial charge in [-0.2, -0.15) is 5.26 Å². The Kier molecular flexibility index (Phi) is 13.2. The Morgan fingerprint density at radius 1 is 1.15 bits per heavy atom. The van der Waals surface area contributed by atoms with Crippen LogP contribution in [0.1, 0.15) is 70.6 Å². The third-order valence-corrected chi connectivity index (χ3v) is 6.45. The minimum atomic E-state index is 0.220. The molecule has 3 N–H and O–H groups in total. The molecule has 9 heteroatoms. The Morgan fingerprint density at radius 3 is 2.42 bits per heavy atom. The summed E-state index contributed by atoms with van der Waals surface area (Å²) < 4.78 is 0. The second-order valence-electron chi connectivity index (χ2n) is 8.51. The smallest absolute Gasteiger partial charge is 0.211 e. The lowest BCUT2D eigenvalue weighted by atomic mass is 9.90. The Balaban J connectivity index is 1.63. The van der Waals surface area contributed by atoms with E-state index < -0.39 is 0 Å². The zero-order valence-electron chi connectivity index (χ0n) is 19.9. The summed E-state index contributed by atoms with van der Waals surface area (Å²) in [4.78, 5) is 15.7. The molecule has 1 aromatic heterocycles. The molecule has 1 heterocycles. The highest BCUT2D eigenvalue weighted by Crippen LogP contribution is 2.24. The SMILES string of the molecule is CNC(=S)N(CCCCCCCCN(C(N)=NC#N)c1ccncc1)OCC1CCCCC1. The van der Waals surface area contributed by atoms with Crippen LogP contribution in [0, 0.1) is 17.4 Å². The van der Waals surface area contributed by atoms with Gasteiger partial charge in [0.15, 0.2) is 5.11 Å². The molecule has 0 saturated heterocycles. The average Bonchev–Trinajstić information content (AvgIpc) is 2.85. The van der Waals surface area contributed by atoms with Gasteiger partial charge in [0.2, 0.25) is 12.2 Å². The predicted octanol–water partition coefficient (Wildman–Crippen LogP) is 4.34. The van der Waals surface area contributed by atoms with E-state index in [0.29, 0.717) is 11.0 Å². The van der Waals surface area contributed by atoms with Crippen molar-refractivity contribution in [3.05, 3.63) is 24.5 Å². The Bertz CT molecular complexity index is 747. The first-order chi connectivity index (χ1) is 16.2. The maximum atomic E-state index is 8.83. The lowest BCUT2D eigenvalue weighted by Crippen LogP contribution is -2.39. The third kappa shape index (κ3) is 10.4. The van der Waals surface area contributed by atoms with Crippen LogP contribution >= 0.6 is 12.2 Å². The van der Waals surface area contributed by atoms with Gasteiger partial charge < -0.3 is 16.0 Å². The summed E-state index contributed by atoms with van der Waals surface area (Å²) in [5.41, 5.74) is 6.88. The Hall–Kier alpha value is -2.44. The lowest BCUT2D eigenvalue weighted by Gasteiger charge is -2.28. The molecule has 0 amide bonds. The van der Waals surface area contributed by atoms with E-state index >= 15 is 0 Å². The molecular formula is C24H39N7OS. The number of anilines is 1. The first-order valence-corrected chi connectivity index (χ1v) is 12.6. The van der Waals surface area contributed by atoms with E-state index in [-0.39, 0.29) is 5.96 Å². The minimum Gasteiger partial charge on any atom is -0.369 e. The molecule has 0 atom stereocenters. The van der Waals surface area contributed by atoms with Crippen molar-refractivity contribution >= 4 is 29.0 Å². The molecule has 0 bridgehead atoms. The standard InChI is InChI=1S/C24H39N7OS/c1-27-24(33)31(32-19-21-11-7-6-8-12-21)18-10-5-3-2-4-9-17-30(23(26)29-20-25)22-13-15-28-16-14-22/h13-16,21H,2-12,17-19H2,1H3,(H2,26,29)(H,27,33). The first-order valence-electron chi connectivity index (χ1n) is 12.2. The molecule has 1 aromatic rings. The van der Waals surface area contributed by atoms with Gasteiger partial charge in [-0.1, -0.05) is 44.9 Å². The molecule has 0 radical (unpaired) electrons. The van der Waals surface area contributed by atoms with Crippen LogP contribution in [0.2, 0.25) is 0 Å². The number of nitriles is 1. The number of rotatable bonds is 13. The minimum absolute atomic E-state index is 0.220. The lowest BCUT2D eigenvalue weighted by molar-refractivity contribution is -0.117. The van der Waals surface area contributed by atoms with Crippen LogP contribution in [0.3, 0.4) is 0 Å². The average molecular weight is 474 g/mol. The van der Waals surface area contributed by atoms with Gasteiger partial charge in [0.05, 0.1) is 6.61 Å². The summed E-state index contributed by atoms with van der Waals surface area (Å²) >= 11 is 5.42. The van der Waals surface area contributed by atoms with Crippen molar-refractivity contribution in [2.24, 2.45) is 16.6 Å². The number of hydrogen-bond acceptors (Lipinski definition) is 5. The maximum Gasteiger partial charge on any atom is 0.211 e. The van der Waals surface area contributed by atoms with E-state index in [9.17, 15) is 0 Å². The maximum absolute atomic E-state index is 8.83. The largest absolute Gasteiger partial charge is 0.369 e. The van der Waals surface area contributed by atoms with E-state index in [1.165, 1.54) is 38.5 Å². The van der Waals surface area contributed by atoms with Crippen LogP contribution in [0.15, 0.2) is 29.5 Å². The van der Waals surface area contributed by atoms with Gasteiger partial charge >= 0.3 is 0 Å². The zero-order valence-corrected chi connectivity index (χ0v) is 20.7. The Morgan fingerprint density at radius 2 is 1.79 bits per heavy atom. The number of hydroxylamine groups is 2. The van der Waals surface area contributed by atoms with Crippen LogP contribution < -0.4 is 16.0 Å². The number of aromatic nitrogens is 1. The van der Waals surface area contributed by atoms with Crippen LogP contribution in [0.4, 0.5) is 5.69 Å². The molecule has 1 aliphatic rings. The van der Waals surface area contributed by atoms with Crippen molar-refractivity contribution in [2.45, 2.75) is 70.6 Å². The van der Waals surface area contributed by atoms with Crippen molar-refractivity contribution in [3.63, 3.8) is 0 Å². The summed E-state index contributed by atoms with van der Waals surface area (Å²) in [6.07, 6.45) is 18.3. The number of aliphatic imine (C=N–C) groups is 1. The molecule has 0 unspecified atom stereocenters. The number of nitrogens with zero attached hydrogens (tertiary/aromatic N) is 5. The number of unbranched alkanes of at least 4 members (excludes halogenated alkanes) is 5. The highest BCUT2D eigenvalue weighted by molar-refractivity contribution is 7.80. The van der Waals surface area contributed by atoms with Crippen molar-refractivity contribution in [1.82, 2.24) is 15.4 Å². The monoisotopic (exact) mass is 473 g/mol. The fourth-order valence-corrected chi connectivity index (χ4v) is 4.29. The number of nitrogens with two attached hydrogens (primary N) is 1. The molecule has 1 fully saturated rings. The predicted molar refractivity (Wildman–Crippen MR) is 137 cm³/mol. The van der Waals surface area contributed by atoms with E-state index in [0.717, 1.165) is 57.5 Å². The van der Waals surface area contributed by atoms with Crippen LogP contribution in [0.25, 0.3) is 0 Å². The molecule has 2 rings (SSSR count). The van der Waals surface area contributed by atoms with Gasteiger partial charge in [0.25, 0.3) is 0 Å². The van der Waals surface area contributed by atoms with Crippen LogP contribution in [-0.4, -0.2) is 47.9 Å². The number of guanidine groups is 1. The van der Waals surface area contributed by atoms with E-state index in [1.54, 1.807) is 18.6 Å². The number of pyridine rings is 1. The summed E-state index contributed by atoms with van der Waals surface area (Å²) in [7, 11) is 1.85. The molecule has 33 heavy (non-hydrogen) atoms. The number of thiocarbonyl (C=S) groups is 1. The van der Waals surface area contributed by atoms with Crippen molar-refractivity contribution in [1.29, 1.82) is 5.26 Å². The topological polar surface area (TPSA) is 103 Å². The van der Waals surface area contributed by atoms with Crippen LogP contribution in [-0.2, 0) is 4.84 Å². The van der Waals surface area contributed by atoms with Gasteiger partial charge in [-0.15, -0.1) is 4.99 Å². The summed E-state index contributed by atoms with van der Waals surface area (Å²) in [5, 5.41) is 14.4. The van der Waals surface area contributed by atoms with Gasteiger partial charge in [0.1, 0.15) is 0 Å². The fraction of sp³-hybridized carbons (Fsp3) is 0.667. The second kappa shape index (κ2) is 16.2. The highest BCUT2D eigenvalue weighted by Gasteiger charge is 2.17. The number of nitrogens with one attached hydrogen (secondary N) is 1. The van der Waals surface area contributed by atoms with Gasteiger partial charge in [-0.3, -0.25) is 9.82 Å². The van der Waals surface area contributed by atoms with Crippen LogP contribution in [0.5, 0.6) is 0 Å². The van der Waals surface area contributed by atoms with Crippen molar-refractivity contribution in [3.8, 4) is 6.19 Å². The van der Waals surface area contributed by atoms with E-state index in [2.05, 4.69) is 15.3 Å². The molecular weight excluding hydrogens is 434 g/mol. The molecule has 182 valence electrons. The second-order valence-corrected chi connectivity index (χ2v) is 8.89. The molecule has 1 aliphatic carbocycles. The highest BCUT2D eigenvalue weighted by atomic mass is 32.1. The van der Waals surface area contributed by atoms with E-state index in [1.807, 2.05) is 29.1 Å². The third-order valence-electron chi connectivity index (χ3n) is 6.04. The summed E-state index contributed by atoms with van der Waals surface area (Å²) in [6.45, 7) is 2.32. The molecule has 8 nitrogen and oxygen atoms in total. The summed E-state index contributed by atoms with van der Waals surface area (Å²) in [6, 6.07) is 3.74. The number of hydrogen-bond donors (Lipinski definition) is 2. The van der Waals surface area contributed by atoms with Gasteiger partial charge in [-0.25, -0.2) is 5.06 Å². The Labute approximate surface area is 204 Å². The summed E-state index contributed by atoms with van der Waals surface area (Å²) in [5.74, 6) is 0.886. The quantitative estimate of drug-likeness (QED) is 0.109. The normalized spacial score (nSPS) is 14.5. The fourth-order valence-electron chi connectivity index (χ4n) is 4.14. The zero-order chi connectivity index (χ0) is 23.7. The molecule has 0 spiro atoms. The molecule has 0 aromatic carbocycles.